The molecule has 3 atom stereocenters. The lowest BCUT2D eigenvalue weighted by atomic mass is 10.0. The molecule has 2 N–H and O–H groups in total. The summed E-state index contributed by atoms with van der Waals surface area (Å²) in [5.41, 5.74) is 1.27. The van der Waals surface area contributed by atoms with Gasteiger partial charge < -0.3 is 20.1 Å². The fourth-order valence-corrected chi connectivity index (χ4v) is 2.80. The van der Waals surface area contributed by atoms with Crippen LogP contribution in [-0.4, -0.2) is 54.9 Å². The van der Waals surface area contributed by atoms with Crippen molar-refractivity contribution < 1.29 is 9.84 Å². The fraction of sp³-hybridized carbons (Fsp3) is 0.647. The number of nitrogens with one attached hydrogen (secondary N) is 1. The Morgan fingerprint density at radius 3 is 2.71 bits per heavy atom. The van der Waals surface area contributed by atoms with Gasteiger partial charge in [-0.25, -0.2) is 0 Å². The third kappa shape index (κ3) is 5.30. The van der Waals surface area contributed by atoms with Gasteiger partial charge >= 0.3 is 0 Å². The maximum Gasteiger partial charge on any atom is 0.115 e. The molecule has 1 saturated heterocycles. The molecule has 1 aromatic carbocycles. The lowest BCUT2D eigenvalue weighted by Crippen LogP contribution is -2.51. The van der Waals surface area contributed by atoms with E-state index in [0.29, 0.717) is 17.8 Å². The van der Waals surface area contributed by atoms with E-state index in [4.69, 9.17) is 4.74 Å². The summed E-state index contributed by atoms with van der Waals surface area (Å²) in [7, 11) is 2.15. The molecule has 1 fully saturated rings. The highest BCUT2D eigenvalue weighted by atomic mass is 16.5. The average molecular weight is 292 g/mol. The standard InChI is InChI=1S/C17H28N2O2/c1-13(4-5-15-6-8-16(20)9-7-15)18-14(2)17-12-19(3)10-11-21-17/h6-9,13-14,17-18,20H,4-5,10-12H2,1-3H3/t13-,14-,17+/m1/s1. The predicted octanol–water partition coefficient (Wildman–Crippen LogP) is 2.02. The van der Waals surface area contributed by atoms with Crippen molar-refractivity contribution in [1.82, 2.24) is 10.2 Å². The van der Waals surface area contributed by atoms with Crippen LogP contribution in [0, 0.1) is 0 Å². The van der Waals surface area contributed by atoms with Crippen LogP contribution in [0.1, 0.15) is 25.8 Å². The molecule has 4 nitrogen and oxygen atoms in total. The largest absolute Gasteiger partial charge is 0.508 e. The minimum Gasteiger partial charge on any atom is -0.508 e. The number of likely N-dealkylation sites (N-methyl/N-ethyl adjacent to an activating group) is 1. The van der Waals surface area contributed by atoms with Gasteiger partial charge in [0.15, 0.2) is 0 Å². The molecule has 0 aliphatic carbocycles. The molecule has 0 aromatic heterocycles. The molecule has 118 valence electrons. The van der Waals surface area contributed by atoms with Crippen molar-refractivity contribution in [3.05, 3.63) is 29.8 Å². The lowest BCUT2D eigenvalue weighted by molar-refractivity contribution is -0.0369. The summed E-state index contributed by atoms with van der Waals surface area (Å²) in [5, 5.41) is 12.9. The van der Waals surface area contributed by atoms with Crippen LogP contribution in [0.2, 0.25) is 0 Å². The number of phenols is 1. The van der Waals surface area contributed by atoms with Gasteiger partial charge in [0, 0.05) is 25.2 Å². The number of rotatable bonds is 6. The van der Waals surface area contributed by atoms with Gasteiger partial charge in [0.25, 0.3) is 0 Å². The first-order chi connectivity index (χ1) is 10.0. The lowest BCUT2D eigenvalue weighted by Gasteiger charge is -2.35. The van der Waals surface area contributed by atoms with Crippen LogP contribution in [0.5, 0.6) is 5.75 Å². The van der Waals surface area contributed by atoms with E-state index in [1.165, 1.54) is 5.56 Å². The first-order valence-corrected chi connectivity index (χ1v) is 7.88. The van der Waals surface area contributed by atoms with E-state index in [-0.39, 0.29) is 6.10 Å². The molecule has 2 rings (SSSR count). The minimum absolute atomic E-state index is 0.278. The fourth-order valence-electron chi connectivity index (χ4n) is 2.80. The van der Waals surface area contributed by atoms with Crippen LogP contribution >= 0.6 is 0 Å². The molecular weight excluding hydrogens is 264 g/mol. The Bertz CT molecular complexity index is 421. The van der Waals surface area contributed by atoms with Crippen molar-refractivity contribution in [3.63, 3.8) is 0 Å². The Balaban J connectivity index is 1.73. The summed E-state index contributed by atoms with van der Waals surface area (Å²) in [6.45, 7) is 7.29. The van der Waals surface area contributed by atoms with Crippen LogP contribution < -0.4 is 5.32 Å². The Hall–Kier alpha value is -1.10. The molecule has 0 bridgehead atoms. The minimum atomic E-state index is 0.278. The summed E-state index contributed by atoms with van der Waals surface area (Å²) < 4.78 is 5.86. The zero-order valence-corrected chi connectivity index (χ0v) is 13.4. The molecule has 1 aliphatic rings. The van der Waals surface area contributed by atoms with Crippen molar-refractivity contribution in [1.29, 1.82) is 0 Å². The molecule has 0 radical (unpaired) electrons. The summed E-state index contributed by atoms with van der Waals surface area (Å²) in [5.74, 6) is 0.331. The molecule has 0 saturated carbocycles. The zero-order valence-electron chi connectivity index (χ0n) is 13.4. The van der Waals surface area contributed by atoms with Crippen molar-refractivity contribution in [2.45, 2.75) is 44.9 Å². The van der Waals surface area contributed by atoms with Gasteiger partial charge in [-0.15, -0.1) is 0 Å². The highest BCUT2D eigenvalue weighted by Gasteiger charge is 2.24. The van der Waals surface area contributed by atoms with Gasteiger partial charge in [-0.05, 0) is 51.4 Å². The molecule has 1 aromatic rings. The van der Waals surface area contributed by atoms with E-state index in [1.54, 1.807) is 12.1 Å². The average Bonchev–Trinajstić information content (AvgIpc) is 2.46. The third-order valence-electron chi connectivity index (χ3n) is 4.20. The smallest absolute Gasteiger partial charge is 0.115 e. The van der Waals surface area contributed by atoms with E-state index in [0.717, 1.165) is 32.5 Å². The second kappa shape index (κ2) is 7.78. The van der Waals surface area contributed by atoms with Crippen molar-refractivity contribution in [2.75, 3.05) is 26.7 Å². The first kappa shape index (κ1) is 16.3. The second-order valence-corrected chi connectivity index (χ2v) is 6.23. The highest BCUT2D eigenvalue weighted by Crippen LogP contribution is 2.13. The van der Waals surface area contributed by atoms with E-state index in [2.05, 4.69) is 31.1 Å². The van der Waals surface area contributed by atoms with Gasteiger partial charge in [0.05, 0.1) is 12.7 Å². The Morgan fingerprint density at radius 2 is 2.05 bits per heavy atom. The summed E-state index contributed by atoms with van der Waals surface area (Å²) in [6.07, 6.45) is 2.38. The maximum absolute atomic E-state index is 9.29. The number of ether oxygens (including phenoxy) is 1. The summed E-state index contributed by atoms with van der Waals surface area (Å²) in [4.78, 5) is 2.33. The number of hydrogen-bond donors (Lipinski definition) is 2. The normalized spacial score (nSPS) is 22.9. The van der Waals surface area contributed by atoms with Crippen LogP contribution in [0.25, 0.3) is 0 Å². The SMILES string of the molecule is C[C@H](CCc1ccc(O)cc1)N[C@H](C)[C@@H]1CN(C)CCO1. The van der Waals surface area contributed by atoms with Gasteiger partial charge in [-0.3, -0.25) is 0 Å². The topological polar surface area (TPSA) is 44.7 Å². The number of phenolic OH excluding ortho intramolecular Hbond substituents is 1. The van der Waals surface area contributed by atoms with Gasteiger partial charge in [0.1, 0.15) is 5.75 Å². The van der Waals surface area contributed by atoms with E-state index in [9.17, 15) is 5.11 Å². The highest BCUT2D eigenvalue weighted by molar-refractivity contribution is 5.25. The van der Waals surface area contributed by atoms with E-state index in [1.807, 2.05) is 12.1 Å². The van der Waals surface area contributed by atoms with Gasteiger partial charge in [-0.1, -0.05) is 12.1 Å². The molecule has 0 spiro atoms. The second-order valence-electron chi connectivity index (χ2n) is 6.23. The number of aromatic hydroxyl groups is 1. The molecule has 0 amide bonds. The van der Waals surface area contributed by atoms with Gasteiger partial charge in [0.2, 0.25) is 0 Å². The summed E-state index contributed by atoms with van der Waals surface area (Å²) in [6, 6.07) is 8.30. The molecule has 0 unspecified atom stereocenters. The Kier molecular flexibility index (Phi) is 6.03. The van der Waals surface area contributed by atoms with Gasteiger partial charge in [-0.2, -0.15) is 0 Å². The first-order valence-electron chi connectivity index (χ1n) is 7.88. The van der Waals surface area contributed by atoms with Crippen molar-refractivity contribution >= 4 is 0 Å². The Labute approximate surface area is 128 Å². The predicted molar refractivity (Wildman–Crippen MR) is 85.7 cm³/mol. The number of aryl methyl sites for hydroxylation is 1. The van der Waals surface area contributed by atoms with Crippen molar-refractivity contribution in [2.24, 2.45) is 0 Å². The maximum atomic E-state index is 9.29. The third-order valence-corrected chi connectivity index (χ3v) is 4.20. The van der Waals surface area contributed by atoms with Crippen LogP contribution in [0.15, 0.2) is 24.3 Å². The van der Waals surface area contributed by atoms with E-state index < -0.39 is 0 Å². The Morgan fingerprint density at radius 1 is 1.33 bits per heavy atom. The van der Waals surface area contributed by atoms with Crippen LogP contribution in [-0.2, 0) is 11.2 Å². The van der Waals surface area contributed by atoms with Crippen LogP contribution in [0.4, 0.5) is 0 Å². The summed E-state index contributed by atoms with van der Waals surface area (Å²) >= 11 is 0. The molecule has 4 heteroatoms. The molecule has 21 heavy (non-hydrogen) atoms. The molecule has 1 aliphatic heterocycles. The number of nitrogens with zero attached hydrogens (tertiary/aromatic N) is 1. The number of morpholine rings is 1. The number of benzene rings is 1. The van der Waals surface area contributed by atoms with Crippen LogP contribution in [0.3, 0.4) is 0 Å². The molecule has 1 heterocycles. The molecular formula is C17H28N2O2. The van der Waals surface area contributed by atoms with Crippen molar-refractivity contribution in [3.8, 4) is 5.75 Å². The zero-order chi connectivity index (χ0) is 15.2. The number of hydrogen-bond acceptors (Lipinski definition) is 4. The quantitative estimate of drug-likeness (QED) is 0.842. The van der Waals surface area contributed by atoms with E-state index >= 15 is 0 Å². The monoisotopic (exact) mass is 292 g/mol.